The van der Waals surface area contributed by atoms with E-state index in [0.717, 1.165) is 12.8 Å². The number of amides is 1. The Morgan fingerprint density at radius 1 is 1.03 bits per heavy atom. The summed E-state index contributed by atoms with van der Waals surface area (Å²) in [4.78, 5) is 39.0. The fourth-order valence-electron chi connectivity index (χ4n) is 3.71. The van der Waals surface area contributed by atoms with Gasteiger partial charge in [0.1, 0.15) is 0 Å². The van der Waals surface area contributed by atoms with Crippen molar-refractivity contribution in [2.24, 2.45) is 0 Å². The predicted octanol–water partition coefficient (Wildman–Crippen LogP) is 1.50. The second kappa shape index (κ2) is 8.48. The minimum Gasteiger partial charge on any atom is -0.326 e. The van der Waals surface area contributed by atoms with Crippen LogP contribution in [0.15, 0.2) is 63.0 Å². The summed E-state index contributed by atoms with van der Waals surface area (Å²) in [5, 5.41) is 3.05. The molecule has 162 valence electrons. The van der Waals surface area contributed by atoms with Gasteiger partial charge in [-0.3, -0.25) is 19.1 Å². The molecule has 1 aliphatic heterocycles. The number of carbonyl (C=O) groups excluding carboxylic acids is 1. The number of H-pyrrole nitrogens is 1. The molecule has 0 spiro atoms. The van der Waals surface area contributed by atoms with Gasteiger partial charge < -0.3 is 5.32 Å². The number of hydrogen-bond acceptors (Lipinski definition) is 5. The molecular formula is C21H22N4O5S. The molecule has 1 aliphatic rings. The average molecular weight is 442 g/mol. The summed E-state index contributed by atoms with van der Waals surface area (Å²) in [6, 6.07) is 12.8. The molecule has 0 bridgehead atoms. The standard InChI is InChI=1S/C21H22N4O5S/c26-19(10-13-25-18-9-2-1-8-17(18)20(27)23-21(25)28)22-15-6-5-7-16(14-15)31(29,30)24-11-3-4-12-24/h1-2,5-9,14H,3-4,10-13H2,(H,22,26)(H,23,27,28). The Bertz CT molecular complexity index is 1350. The van der Waals surface area contributed by atoms with Crippen molar-refractivity contribution in [3.8, 4) is 0 Å². The zero-order valence-electron chi connectivity index (χ0n) is 16.7. The largest absolute Gasteiger partial charge is 0.328 e. The molecule has 0 saturated carbocycles. The van der Waals surface area contributed by atoms with Gasteiger partial charge in [0, 0.05) is 31.7 Å². The smallest absolute Gasteiger partial charge is 0.326 e. The van der Waals surface area contributed by atoms with E-state index in [0.29, 0.717) is 29.7 Å². The van der Waals surface area contributed by atoms with E-state index in [1.807, 2.05) is 0 Å². The summed E-state index contributed by atoms with van der Waals surface area (Å²) >= 11 is 0. The van der Waals surface area contributed by atoms with Gasteiger partial charge in [-0.2, -0.15) is 4.31 Å². The van der Waals surface area contributed by atoms with Crippen LogP contribution in [0.2, 0.25) is 0 Å². The van der Waals surface area contributed by atoms with E-state index in [9.17, 15) is 22.8 Å². The van der Waals surface area contributed by atoms with Crippen molar-refractivity contribution < 1.29 is 13.2 Å². The second-order valence-electron chi connectivity index (χ2n) is 7.37. The first-order valence-electron chi connectivity index (χ1n) is 9.98. The van der Waals surface area contributed by atoms with Crippen LogP contribution >= 0.6 is 0 Å². The van der Waals surface area contributed by atoms with Gasteiger partial charge in [-0.25, -0.2) is 13.2 Å². The molecule has 31 heavy (non-hydrogen) atoms. The molecule has 0 aliphatic carbocycles. The number of hydrogen-bond donors (Lipinski definition) is 2. The van der Waals surface area contributed by atoms with Crippen LogP contribution in [-0.4, -0.2) is 41.3 Å². The third-order valence-electron chi connectivity index (χ3n) is 5.29. The quantitative estimate of drug-likeness (QED) is 0.599. The van der Waals surface area contributed by atoms with Gasteiger partial charge in [0.15, 0.2) is 0 Å². The zero-order chi connectivity index (χ0) is 22.0. The van der Waals surface area contributed by atoms with Crippen molar-refractivity contribution in [3.63, 3.8) is 0 Å². The monoisotopic (exact) mass is 442 g/mol. The maximum absolute atomic E-state index is 12.7. The van der Waals surface area contributed by atoms with E-state index in [1.165, 1.54) is 21.0 Å². The molecular weight excluding hydrogens is 420 g/mol. The van der Waals surface area contributed by atoms with Crippen molar-refractivity contribution >= 4 is 32.5 Å². The van der Waals surface area contributed by atoms with Crippen molar-refractivity contribution in [1.29, 1.82) is 0 Å². The van der Waals surface area contributed by atoms with E-state index in [-0.39, 0.29) is 23.8 Å². The van der Waals surface area contributed by atoms with Crippen LogP contribution in [0.5, 0.6) is 0 Å². The van der Waals surface area contributed by atoms with Crippen molar-refractivity contribution in [2.45, 2.75) is 30.7 Å². The Morgan fingerprint density at radius 3 is 2.55 bits per heavy atom. The number of rotatable bonds is 6. The molecule has 0 unspecified atom stereocenters. The third kappa shape index (κ3) is 4.30. The highest BCUT2D eigenvalue weighted by Gasteiger charge is 2.27. The molecule has 1 aromatic heterocycles. The van der Waals surface area contributed by atoms with Crippen LogP contribution in [0.25, 0.3) is 10.9 Å². The van der Waals surface area contributed by atoms with E-state index >= 15 is 0 Å². The summed E-state index contributed by atoms with van der Waals surface area (Å²) in [6.45, 7) is 1.06. The maximum atomic E-state index is 12.7. The van der Waals surface area contributed by atoms with Gasteiger partial charge in [-0.1, -0.05) is 18.2 Å². The zero-order valence-corrected chi connectivity index (χ0v) is 17.5. The molecule has 0 radical (unpaired) electrons. The third-order valence-corrected chi connectivity index (χ3v) is 7.18. The highest BCUT2D eigenvalue weighted by Crippen LogP contribution is 2.23. The summed E-state index contributed by atoms with van der Waals surface area (Å²) in [7, 11) is -3.58. The van der Waals surface area contributed by atoms with Gasteiger partial charge in [0.25, 0.3) is 5.56 Å². The number of nitrogens with one attached hydrogen (secondary N) is 2. The van der Waals surface area contributed by atoms with Crippen molar-refractivity contribution in [2.75, 3.05) is 18.4 Å². The molecule has 10 heteroatoms. The molecule has 2 heterocycles. The van der Waals surface area contributed by atoms with E-state index in [4.69, 9.17) is 0 Å². The van der Waals surface area contributed by atoms with Gasteiger partial charge in [-0.05, 0) is 43.2 Å². The number of anilines is 1. The number of sulfonamides is 1. The van der Waals surface area contributed by atoms with Crippen LogP contribution in [0.3, 0.4) is 0 Å². The Labute approximate surface area is 178 Å². The average Bonchev–Trinajstić information content (AvgIpc) is 3.30. The Kier molecular flexibility index (Phi) is 5.75. The van der Waals surface area contributed by atoms with Crippen LogP contribution in [-0.2, 0) is 21.4 Å². The number of aryl methyl sites for hydroxylation is 1. The fraction of sp³-hybridized carbons (Fsp3) is 0.286. The Balaban J connectivity index is 1.49. The van der Waals surface area contributed by atoms with E-state index in [1.54, 1.807) is 36.4 Å². The molecule has 1 amide bonds. The molecule has 2 aromatic carbocycles. The molecule has 9 nitrogen and oxygen atoms in total. The van der Waals surface area contributed by atoms with Gasteiger partial charge in [0.2, 0.25) is 15.9 Å². The second-order valence-corrected chi connectivity index (χ2v) is 9.30. The van der Waals surface area contributed by atoms with Crippen LogP contribution in [0, 0.1) is 0 Å². The topological polar surface area (TPSA) is 121 Å². The van der Waals surface area contributed by atoms with E-state index in [2.05, 4.69) is 10.3 Å². The number of aromatic amines is 1. The lowest BCUT2D eigenvalue weighted by molar-refractivity contribution is -0.116. The molecule has 1 fully saturated rings. The molecule has 4 rings (SSSR count). The highest BCUT2D eigenvalue weighted by molar-refractivity contribution is 7.89. The SMILES string of the molecule is O=C(CCn1c(=O)[nH]c(=O)c2ccccc21)Nc1cccc(S(=O)(=O)N2CCCC2)c1. The summed E-state index contributed by atoms with van der Waals surface area (Å²) in [5.41, 5.74) is -0.251. The number of nitrogens with zero attached hydrogens (tertiary/aromatic N) is 2. The van der Waals surface area contributed by atoms with Gasteiger partial charge in [0.05, 0.1) is 15.8 Å². The number of aromatic nitrogens is 2. The minimum absolute atomic E-state index is 0.0287. The summed E-state index contributed by atoms with van der Waals surface area (Å²) in [6.07, 6.45) is 1.65. The number of carbonyl (C=O) groups is 1. The summed E-state index contributed by atoms with van der Waals surface area (Å²) < 4.78 is 28.2. The Hall–Kier alpha value is -3.24. The highest BCUT2D eigenvalue weighted by atomic mass is 32.2. The van der Waals surface area contributed by atoms with Crippen molar-refractivity contribution in [1.82, 2.24) is 13.9 Å². The molecule has 0 atom stereocenters. The minimum atomic E-state index is -3.58. The fourth-order valence-corrected chi connectivity index (χ4v) is 5.28. The number of para-hydroxylation sites is 1. The number of fused-ring (bicyclic) bond motifs is 1. The van der Waals surface area contributed by atoms with Crippen LogP contribution in [0.4, 0.5) is 5.69 Å². The maximum Gasteiger partial charge on any atom is 0.328 e. The van der Waals surface area contributed by atoms with Gasteiger partial charge in [-0.15, -0.1) is 0 Å². The first kappa shape index (κ1) is 21.0. The summed E-state index contributed by atoms with van der Waals surface area (Å²) in [5.74, 6) is -0.377. The lowest BCUT2D eigenvalue weighted by atomic mass is 10.2. The lowest BCUT2D eigenvalue weighted by Gasteiger charge is -2.16. The molecule has 2 N–H and O–H groups in total. The normalized spacial score (nSPS) is 14.7. The van der Waals surface area contributed by atoms with Gasteiger partial charge >= 0.3 is 5.69 Å². The first-order chi connectivity index (χ1) is 14.9. The van der Waals surface area contributed by atoms with E-state index < -0.39 is 21.3 Å². The number of benzene rings is 2. The first-order valence-corrected chi connectivity index (χ1v) is 11.4. The Morgan fingerprint density at radius 2 is 1.77 bits per heavy atom. The molecule has 1 saturated heterocycles. The van der Waals surface area contributed by atoms with Crippen LogP contribution in [0.1, 0.15) is 19.3 Å². The van der Waals surface area contributed by atoms with Crippen molar-refractivity contribution in [3.05, 3.63) is 69.4 Å². The molecule has 3 aromatic rings. The lowest BCUT2D eigenvalue weighted by Crippen LogP contribution is -2.31. The van der Waals surface area contributed by atoms with Crippen LogP contribution < -0.4 is 16.6 Å². The predicted molar refractivity (Wildman–Crippen MR) is 117 cm³/mol.